The minimum atomic E-state index is -3.16. The summed E-state index contributed by atoms with van der Waals surface area (Å²) < 4.78 is 6.43. The molecule has 0 unspecified atom stereocenters. The van der Waals surface area contributed by atoms with Gasteiger partial charge in [0.1, 0.15) is 0 Å². The topological polar surface area (TPSA) is 9.23 Å². The van der Waals surface area contributed by atoms with Gasteiger partial charge in [-0.15, -0.1) is 0 Å². The predicted octanol–water partition coefficient (Wildman–Crippen LogP) is 4.27. The van der Waals surface area contributed by atoms with E-state index in [0.717, 1.165) is 15.9 Å². The molecular weight excluding hydrogens is 323 g/mol. The van der Waals surface area contributed by atoms with Crippen molar-refractivity contribution in [3.63, 3.8) is 0 Å². The summed E-state index contributed by atoms with van der Waals surface area (Å²) in [6.07, 6.45) is 0. The van der Waals surface area contributed by atoms with Gasteiger partial charge in [0.15, 0.2) is 0 Å². The maximum atomic E-state index is 6.72. The molecule has 0 atom stereocenters. The van der Waals surface area contributed by atoms with Crippen molar-refractivity contribution in [1.29, 1.82) is 0 Å². The van der Waals surface area contributed by atoms with Gasteiger partial charge in [0.2, 0.25) is 0 Å². The molecule has 0 aromatic heterocycles. The Morgan fingerprint density at radius 2 is 0.957 bits per heavy atom. The van der Waals surface area contributed by atoms with E-state index < -0.39 is 6.83 Å². The van der Waals surface area contributed by atoms with Crippen molar-refractivity contribution in [3.05, 3.63) is 91.0 Å². The van der Waals surface area contributed by atoms with Crippen LogP contribution in [0.25, 0.3) is 0 Å². The van der Waals surface area contributed by atoms with E-state index in [1.165, 1.54) is 0 Å². The van der Waals surface area contributed by atoms with Crippen LogP contribution in [-0.2, 0) is 4.52 Å². The van der Waals surface area contributed by atoms with Gasteiger partial charge in [-0.05, 0) is 0 Å². The Morgan fingerprint density at radius 1 is 0.652 bits per heavy atom. The first-order chi connectivity index (χ1) is 11.3. The van der Waals surface area contributed by atoms with E-state index in [2.05, 4.69) is 36.4 Å². The van der Waals surface area contributed by atoms with Crippen LogP contribution < -0.4 is 15.9 Å². The van der Waals surface area contributed by atoms with E-state index in [1.807, 2.05) is 54.6 Å². The summed E-state index contributed by atoms with van der Waals surface area (Å²) in [6.45, 7) is -3.16. The molecular formula is C20H20ClOP. The molecule has 0 heterocycles. The summed E-state index contributed by atoms with van der Waals surface area (Å²) in [4.78, 5) is 0. The van der Waals surface area contributed by atoms with E-state index in [0.29, 0.717) is 5.62 Å². The van der Waals surface area contributed by atoms with Crippen molar-refractivity contribution in [3.8, 4) is 0 Å². The van der Waals surface area contributed by atoms with Gasteiger partial charge in [-0.3, -0.25) is 0 Å². The van der Waals surface area contributed by atoms with Gasteiger partial charge in [0.25, 0.3) is 0 Å². The first-order valence-corrected chi connectivity index (χ1v) is 10.5. The Bertz CT molecular complexity index is 652. The normalized spacial score (nSPS) is 13.2. The first kappa shape index (κ1) is 16.2. The van der Waals surface area contributed by atoms with Gasteiger partial charge in [0, 0.05) is 0 Å². The summed E-state index contributed by atoms with van der Waals surface area (Å²) >= 11 is 6.72. The number of hydrogen-bond donors (Lipinski definition) is 0. The average Bonchev–Trinajstić information content (AvgIpc) is 2.67. The molecule has 3 aromatic carbocycles. The molecule has 0 bridgehead atoms. The van der Waals surface area contributed by atoms with Gasteiger partial charge >= 0.3 is 143 Å². The molecule has 3 aromatic rings. The van der Waals surface area contributed by atoms with Crippen LogP contribution in [0.2, 0.25) is 0 Å². The summed E-state index contributed by atoms with van der Waals surface area (Å²) in [7, 11) is 1.78. The van der Waals surface area contributed by atoms with Crippen LogP contribution >= 0.6 is 18.4 Å². The molecule has 0 amide bonds. The van der Waals surface area contributed by atoms with Gasteiger partial charge in [-0.1, -0.05) is 0 Å². The fourth-order valence-electron chi connectivity index (χ4n) is 3.25. The molecule has 0 aliphatic carbocycles. The van der Waals surface area contributed by atoms with Crippen LogP contribution in [0.3, 0.4) is 0 Å². The fraction of sp³-hybridized carbons (Fsp3) is 0.100. The average molecular weight is 343 g/mol. The molecule has 0 saturated heterocycles. The van der Waals surface area contributed by atoms with E-state index in [4.69, 9.17) is 16.1 Å². The van der Waals surface area contributed by atoms with Crippen molar-refractivity contribution in [1.82, 2.24) is 0 Å². The van der Waals surface area contributed by atoms with Gasteiger partial charge in [0.05, 0.1) is 0 Å². The second kappa shape index (κ2) is 6.45. The summed E-state index contributed by atoms with van der Waals surface area (Å²) in [5.41, 5.74) is 0.403. The van der Waals surface area contributed by atoms with Crippen LogP contribution in [-0.4, -0.2) is 12.7 Å². The number of hydrogen-bond acceptors (Lipinski definition) is 1. The second-order valence-corrected chi connectivity index (χ2v) is 10.8. The van der Waals surface area contributed by atoms with Gasteiger partial charge in [-0.25, -0.2) is 0 Å². The Hall–Kier alpha value is -1.66. The van der Waals surface area contributed by atoms with Gasteiger partial charge in [-0.2, -0.15) is 0 Å². The second-order valence-electron chi connectivity index (χ2n) is 5.52. The van der Waals surface area contributed by atoms with Crippen LogP contribution in [0.4, 0.5) is 0 Å². The number of benzene rings is 3. The van der Waals surface area contributed by atoms with Crippen molar-refractivity contribution in [2.75, 3.05) is 12.7 Å². The third kappa shape index (κ3) is 2.32. The predicted molar refractivity (Wildman–Crippen MR) is 103 cm³/mol. The van der Waals surface area contributed by atoms with E-state index in [9.17, 15) is 0 Å². The molecule has 0 spiro atoms. The Morgan fingerprint density at radius 3 is 1.17 bits per heavy atom. The van der Waals surface area contributed by atoms with Crippen LogP contribution in [0.1, 0.15) is 0 Å². The molecule has 0 fully saturated rings. The van der Waals surface area contributed by atoms with Crippen molar-refractivity contribution in [2.24, 2.45) is 0 Å². The zero-order valence-electron chi connectivity index (χ0n) is 13.1. The molecule has 23 heavy (non-hydrogen) atoms. The number of halogens is 1. The first-order valence-electron chi connectivity index (χ1n) is 7.58. The van der Waals surface area contributed by atoms with Crippen LogP contribution in [0.15, 0.2) is 91.0 Å². The van der Waals surface area contributed by atoms with E-state index in [-0.39, 0.29) is 0 Å². The zero-order chi connectivity index (χ0) is 16.2. The van der Waals surface area contributed by atoms with Crippen LogP contribution in [0, 0.1) is 0 Å². The van der Waals surface area contributed by atoms with E-state index >= 15 is 0 Å². The molecule has 3 rings (SSSR count). The third-order valence-corrected chi connectivity index (χ3v) is 11.3. The SMILES string of the molecule is COP(CCl)(c1ccccc1)(c1ccccc1)c1ccccc1. The summed E-state index contributed by atoms with van der Waals surface area (Å²) in [5.74, 6) is 0. The Kier molecular flexibility index (Phi) is 4.55. The molecule has 0 aliphatic rings. The third-order valence-electron chi connectivity index (χ3n) is 4.54. The van der Waals surface area contributed by atoms with Crippen LogP contribution in [0.5, 0.6) is 0 Å². The van der Waals surface area contributed by atoms with Crippen molar-refractivity contribution < 1.29 is 4.52 Å². The fourth-order valence-corrected chi connectivity index (χ4v) is 9.23. The van der Waals surface area contributed by atoms with Crippen molar-refractivity contribution in [2.45, 2.75) is 0 Å². The standard InChI is InChI=1S/C20H20ClOP/c1-22-23(17-21,18-11-5-2-6-12-18,19-13-7-3-8-14-19)20-15-9-4-10-16-20/h2-16H,17H2,1H3. The number of rotatable bonds is 5. The van der Waals surface area contributed by atoms with Crippen molar-refractivity contribution >= 4 is 34.3 Å². The molecule has 0 N–H and O–H groups in total. The quantitative estimate of drug-likeness (QED) is 0.497. The van der Waals surface area contributed by atoms with E-state index in [1.54, 1.807) is 7.11 Å². The summed E-state index contributed by atoms with van der Waals surface area (Å²) in [5, 5.41) is 3.44. The molecule has 1 nitrogen and oxygen atoms in total. The molecule has 3 heteroatoms. The van der Waals surface area contributed by atoms with Gasteiger partial charge < -0.3 is 0 Å². The molecule has 0 radical (unpaired) electrons. The number of alkyl halides is 1. The molecule has 0 aliphatic heterocycles. The molecule has 0 saturated carbocycles. The molecule has 118 valence electrons. The minimum absolute atomic E-state index is 0.403. The monoisotopic (exact) mass is 342 g/mol. The maximum absolute atomic E-state index is 6.72. The zero-order valence-corrected chi connectivity index (χ0v) is 14.8. The Balaban J connectivity index is 2.46. The Labute approximate surface area is 142 Å². The summed E-state index contributed by atoms with van der Waals surface area (Å²) in [6, 6.07) is 31.1.